The number of guanidine groups is 1. The molecule has 2 unspecified atom stereocenters. The monoisotopic (exact) mass is 365 g/mol. The summed E-state index contributed by atoms with van der Waals surface area (Å²) in [6.07, 6.45) is 3.74. The van der Waals surface area contributed by atoms with Gasteiger partial charge in [0.05, 0.1) is 30.0 Å². The van der Waals surface area contributed by atoms with E-state index in [2.05, 4.69) is 41.3 Å². The van der Waals surface area contributed by atoms with Crippen LogP contribution in [0.2, 0.25) is 0 Å². The first-order valence-corrected chi connectivity index (χ1v) is 10.3. The predicted octanol–water partition coefficient (Wildman–Crippen LogP) is 1.72. The second-order valence-electron chi connectivity index (χ2n) is 6.89. The van der Waals surface area contributed by atoms with Crippen molar-refractivity contribution in [3.05, 3.63) is 15.6 Å². The highest BCUT2D eigenvalue weighted by Gasteiger charge is 2.31. The van der Waals surface area contributed by atoms with Crippen molar-refractivity contribution in [1.82, 2.24) is 20.5 Å². The van der Waals surface area contributed by atoms with E-state index in [1.54, 1.807) is 11.3 Å². The molecule has 0 amide bonds. The van der Waals surface area contributed by atoms with Gasteiger partial charge in [0, 0.05) is 37.0 Å². The Morgan fingerprint density at radius 1 is 1.40 bits per heavy atom. The van der Waals surface area contributed by atoms with Crippen molar-refractivity contribution in [1.29, 1.82) is 0 Å². The second kappa shape index (κ2) is 8.96. The maximum absolute atomic E-state index is 6.00. The van der Waals surface area contributed by atoms with E-state index in [0.717, 1.165) is 44.3 Å². The number of fused-ring (bicyclic) bond motifs is 1. The highest BCUT2D eigenvalue weighted by molar-refractivity contribution is 7.11. The molecule has 2 saturated heterocycles. The SMILES string of the molecule is CCNC(=NCC1CN2CCCC2CO1)NCCc1nc(C)c(C)s1. The Kier molecular flexibility index (Phi) is 6.67. The van der Waals surface area contributed by atoms with Gasteiger partial charge in [-0.15, -0.1) is 11.3 Å². The molecule has 2 aliphatic rings. The molecule has 2 atom stereocenters. The van der Waals surface area contributed by atoms with Gasteiger partial charge in [-0.1, -0.05) is 0 Å². The van der Waals surface area contributed by atoms with Crippen molar-refractivity contribution < 1.29 is 4.74 Å². The molecule has 0 bridgehead atoms. The van der Waals surface area contributed by atoms with Crippen molar-refractivity contribution >= 4 is 17.3 Å². The molecule has 3 rings (SSSR count). The molecule has 2 fully saturated rings. The number of morpholine rings is 1. The van der Waals surface area contributed by atoms with Gasteiger partial charge >= 0.3 is 0 Å². The summed E-state index contributed by atoms with van der Waals surface area (Å²) in [4.78, 5) is 13.2. The van der Waals surface area contributed by atoms with Crippen LogP contribution in [0.5, 0.6) is 0 Å². The summed E-state index contributed by atoms with van der Waals surface area (Å²) < 4.78 is 6.00. The van der Waals surface area contributed by atoms with Gasteiger partial charge in [-0.25, -0.2) is 4.98 Å². The number of thiazole rings is 1. The third-order valence-corrected chi connectivity index (χ3v) is 6.10. The molecule has 0 radical (unpaired) electrons. The van der Waals surface area contributed by atoms with E-state index in [1.807, 2.05) is 0 Å². The van der Waals surface area contributed by atoms with E-state index in [4.69, 9.17) is 9.73 Å². The molecule has 7 heteroatoms. The molecular formula is C18H31N5OS. The van der Waals surface area contributed by atoms with E-state index in [0.29, 0.717) is 12.6 Å². The number of nitrogens with zero attached hydrogens (tertiary/aromatic N) is 3. The summed E-state index contributed by atoms with van der Waals surface area (Å²) in [5.41, 5.74) is 1.15. The number of rotatable bonds is 6. The standard InChI is InChI=1S/C18H31N5OS/c1-4-19-18(20-8-7-17-22-13(2)14(3)25-17)21-10-16-11-23-9-5-6-15(23)12-24-16/h15-16H,4-12H2,1-3H3,(H2,19,20,21). The molecule has 0 aromatic carbocycles. The molecule has 25 heavy (non-hydrogen) atoms. The molecule has 140 valence electrons. The van der Waals surface area contributed by atoms with Gasteiger partial charge in [-0.05, 0) is 40.2 Å². The summed E-state index contributed by atoms with van der Waals surface area (Å²) in [6.45, 7) is 11.8. The Morgan fingerprint density at radius 3 is 3.04 bits per heavy atom. The van der Waals surface area contributed by atoms with Crippen LogP contribution in [0.25, 0.3) is 0 Å². The lowest BCUT2D eigenvalue weighted by Crippen LogP contribution is -2.47. The Balaban J connectivity index is 1.45. The van der Waals surface area contributed by atoms with Crippen molar-refractivity contribution in [2.75, 3.05) is 39.3 Å². The molecule has 1 aromatic rings. The topological polar surface area (TPSA) is 61.8 Å². The van der Waals surface area contributed by atoms with Gasteiger partial charge < -0.3 is 15.4 Å². The van der Waals surface area contributed by atoms with Gasteiger partial charge in [-0.3, -0.25) is 9.89 Å². The van der Waals surface area contributed by atoms with Crippen LogP contribution in [0.4, 0.5) is 0 Å². The number of aryl methyl sites for hydroxylation is 2. The summed E-state index contributed by atoms with van der Waals surface area (Å²) in [7, 11) is 0. The molecule has 0 saturated carbocycles. The Hall–Kier alpha value is -1.18. The quantitative estimate of drug-likeness (QED) is 0.594. The first kappa shape index (κ1) is 18.6. The molecule has 6 nitrogen and oxygen atoms in total. The molecular weight excluding hydrogens is 334 g/mol. The van der Waals surface area contributed by atoms with Gasteiger partial charge in [0.1, 0.15) is 0 Å². The Labute approximate surface area is 155 Å². The van der Waals surface area contributed by atoms with Gasteiger partial charge in [0.2, 0.25) is 0 Å². The number of aromatic nitrogens is 1. The maximum atomic E-state index is 6.00. The Bertz CT molecular complexity index is 569. The maximum Gasteiger partial charge on any atom is 0.191 e. The average Bonchev–Trinajstić information content (AvgIpc) is 3.18. The summed E-state index contributed by atoms with van der Waals surface area (Å²) in [5, 5.41) is 7.93. The lowest BCUT2D eigenvalue weighted by Gasteiger charge is -2.34. The summed E-state index contributed by atoms with van der Waals surface area (Å²) in [5.74, 6) is 0.875. The molecule has 0 aliphatic carbocycles. The number of nitrogens with one attached hydrogen (secondary N) is 2. The van der Waals surface area contributed by atoms with E-state index >= 15 is 0 Å². The summed E-state index contributed by atoms with van der Waals surface area (Å²) in [6, 6.07) is 0.650. The van der Waals surface area contributed by atoms with Crippen LogP contribution >= 0.6 is 11.3 Å². The zero-order chi connectivity index (χ0) is 17.6. The third kappa shape index (κ3) is 5.15. The normalized spacial score (nSPS) is 24.4. The van der Waals surface area contributed by atoms with Crippen LogP contribution in [0, 0.1) is 13.8 Å². The highest BCUT2D eigenvalue weighted by atomic mass is 32.1. The number of hydrogen-bond acceptors (Lipinski definition) is 5. The molecule has 3 heterocycles. The van der Waals surface area contributed by atoms with Crippen molar-refractivity contribution in [2.45, 2.75) is 52.2 Å². The minimum Gasteiger partial charge on any atom is -0.373 e. The van der Waals surface area contributed by atoms with Crippen molar-refractivity contribution in [3.8, 4) is 0 Å². The van der Waals surface area contributed by atoms with Crippen LogP contribution < -0.4 is 10.6 Å². The summed E-state index contributed by atoms with van der Waals surface area (Å²) >= 11 is 1.79. The average molecular weight is 366 g/mol. The van der Waals surface area contributed by atoms with Crippen LogP contribution in [-0.4, -0.2) is 67.3 Å². The number of ether oxygens (including phenoxy) is 1. The van der Waals surface area contributed by atoms with Crippen LogP contribution in [-0.2, 0) is 11.2 Å². The zero-order valence-corrected chi connectivity index (χ0v) is 16.5. The minimum atomic E-state index is 0.217. The molecule has 0 spiro atoms. The fourth-order valence-electron chi connectivity index (χ4n) is 3.46. The van der Waals surface area contributed by atoms with E-state index < -0.39 is 0 Å². The first-order chi connectivity index (χ1) is 12.2. The number of aliphatic imine (C=N–C) groups is 1. The van der Waals surface area contributed by atoms with Gasteiger partial charge in [-0.2, -0.15) is 0 Å². The smallest absolute Gasteiger partial charge is 0.191 e. The number of hydrogen-bond donors (Lipinski definition) is 2. The van der Waals surface area contributed by atoms with Crippen LogP contribution in [0.3, 0.4) is 0 Å². The zero-order valence-electron chi connectivity index (χ0n) is 15.7. The van der Waals surface area contributed by atoms with E-state index in [9.17, 15) is 0 Å². The fourth-order valence-corrected chi connectivity index (χ4v) is 4.40. The molecule has 2 N–H and O–H groups in total. The largest absolute Gasteiger partial charge is 0.373 e. The fraction of sp³-hybridized carbons (Fsp3) is 0.778. The lowest BCUT2D eigenvalue weighted by atomic mass is 10.2. The molecule has 1 aromatic heterocycles. The van der Waals surface area contributed by atoms with E-state index in [1.165, 1.54) is 29.3 Å². The van der Waals surface area contributed by atoms with Gasteiger partial charge in [0.15, 0.2) is 5.96 Å². The molecule has 2 aliphatic heterocycles. The van der Waals surface area contributed by atoms with E-state index in [-0.39, 0.29) is 6.10 Å². The third-order valence-electron chi connectivity index (χ3n) is 4.96. The van der Waals surface area contributed by atoms with Crippen LogP contribution in [0.1, 0.15) is 35.3 Å². The van der Waals surface area contributed by atoms with Crippen molar-refractivity contribution in [2.24, 2.45) is 4.99 Å². The van der Waals surface area contributed by atoms with Crippen molar-refractivity contribution in [3.63, 3.8) is 0 Å². The van der Waals surface area contributed by atoms with Crippen LogP contribution in [0.15, 0.2) is 4.99 Å². The minimum absolute atomic E-state index is 0.217. The first-order valence-electron chi connectivity index (χ1n) is 9.46. The predicted molar refractivity (Wildman–Crippen MR) is 104 cm³/mol. The van der Waals surface area contributed by atoms with Gasteiger partial charge in [0.25, 0.3) is 0 Å². The second-order valence-corrected chi connectivity index (χ2v) is 8.18. The highest BCUT2D eigenvalue weighted by Crippen LogP contribution is 2.22. The lowest BCUT2D eigenvalue weighted by molar-refractivity contribution is -0.0432. The Morgan fingerprint density at radius 2 is 2.28 bits per heavy atom.